The molecule has 0 radical (unpaired) electrons. The number of hydrogen-bond acceptors (Lipinski definition) is 1. The number of amides is 1. The van der Waals surface area contributed by atoms with Gasteiger partial charge in [-0.15, -0.1) is 0 Å². The maximum absolute atomic E-state index is 12.3. The van der Waals surface area contributed by atoms with Crippen LogP contribution in [0.25, 0.3) is 0 Å². The van der Waals surface area contributed by atoms with Gasteiger partial charge in [-0.3, -0.25) is 0 Å². The Bertz CT molecular complexity index is 366. The molecule has 0 saturated heterocycles. The summed E-state index contributed by atoms with van der Waals surface area (Å²) in [6.45, 7) is 2.85. The topological polar surface area (TPSA) is 29.1 Å². The molecular weight excluding hydrogens is 202 g/mol. The van der Waals surface area contributed by atoms with Crippen LogP contribution >= 0.6 is 0 Å². The summed E-state index contributed by atoms with van der Waals surface area (Å²) in [4.78, 5) is 14.2. The largest absolute Gasteiger partial charge is 0.416 e. The van der Waals surface area contributed by atoms with Gasteiger partial charge in [0.25, 0.3) is 6.33 Å². The van der Waals surface area contributed by atoms with E-state index in [0.717, 1.165) is 19.4 Å². The number of imidazole rings is 1. The van der Waals surface area contributed by atoms with Crippen LogP contribution in [-0.4, -0.2) is 28.1 Å². The van der Waals surface area contributed by atoms with Crippen LogP contribution in [0.15, 0.2) is 18.7 Å². The van der Waals surface area contributed by atoms with Gasteiger partial charge in [-0.05, 0) is 19.8 Å². The minimum absolute atomic E-state index is 0.106. The molecule has 1 aromatic rings. The summed E-state index contributed by atoms with van der Waals surface area (Å²) in [7, 11) is 1.93. The summed E-state index contributed by atoms with van der Waals surface area (Å²) in [6.07, 6.45) is 10.4. The fourth-order valence-corrected chi connectivity index (χ4v) is 2.48. The summed E-state index contributed by atoms with van der Waals surface area (Å²) in [6, 6.07) is 0.556. The molecule has 4 nitrogen and oxygen atoms in total. The number of rotatable bonds is 2. The van der Waals surface area contributed by atoms with Crippen LogP contribution in [0.5, 0.6) is 0 Å². The Balaban J connectivity index is 2.11. The highest BCUT2D eigenvalue weighted by Gasteiger charge is 2.28. The molecule has 1 aliphatic carbocycles. The van der Waals surface area contributed by atoms with Crippen molar-refractivity contribution in [1.29, 1.82) is 0 Å². The van der Waals surface area contributed by atoms with Crippen LogP contribution < -0.4 is 4.57 Å². The molecule has 0 unspecified atom stereocenters. The van der Waals surface area contributed by atoms with Gasteiger partial charge in [0.1, 0.15) is 12.4 Å². The first-order chi connectivity index (χ1) is 7.72. The molecule has 0 bridgehead atoms. The van der Waals surface area contributed by atoms with Crippen LogP contribution in [0.4, 0.5) is 4.79 Å². The SMILES string of the molecule is CCN(C(=O)n1cc[n+](C)c1)C1CCCC1. The Hall–Kier alpha value is -1.32. The molecule has 16 heavy (non-hydrogen) atoms. The highest BCUT2D eigenvalue weighted by atomic mass is 16.2. The fourth-order valence-electron chi connectivity index (χ4n) is 2.48. The van der Waals surface area contributed by atoms with Crippen molar-refractivity contribution in [2.45, 2.75) is 38.6 Å². The van der Waals surface area contributed by atoms with Crippen LogP contribution in [0, 0.1) is 0 Å². The lowest BCUT2D eigenvalue weighted by atomic mass is 10.2. The third kappa shape index (κ3) is 2.10. The smallest absolute Gasteiger partial charge is 0.302 e. The van der Waals surface area contributed by atoms with Crippen LogP contribution in [-0.2, 0) is 7.05 Å². The van der Waals surface area contributed by atoms with Gasteiger partial charge in [0.05, 0.1) is 7.05 Å². The van der Waals surface area contributed by atoms with Crippen LogP contribution in [0.2, 0.25) is 0 Å². The average molecular weight is 222 g/mol. The Morgan fingerprint density at radius 2 is 2.19 bits per heavy atom. The summed E-state index contributed by atoms with van der Waals surface area (Å²) in [5.41, 5.74) is 0. The van der Waals surface area contributed by atoms with Crippen molar-refractivity contribution in [1.82, 2.24) is 9.47 Å². The Kier molecular flexibility index (Phi) is 3.27. The first-order valence-electron chi connectivity index (χ1n) is 6.06. The second-order valence-electron chi connectivity index (χ2n) is 4.49. The van der Waals surface area contributed by atoms with Crippen molar-refractivity contribution in [2.24, 2.45) is 7.05 Å². The maximum atomic E-state index is 12.3. The summed E-state index contributed by atoms with van der Waals surface area (Å²) < 4.78 is 3.56. The van der Waals surface area contributed by atoms with Gasteiger partial charge in [-0.2, -0.15) is 4.57 Å². The van der Waals surface area contributed by atoms with Crippen molar-refractivity contribution < 1.29 is 9.36 Å². The second-order valence-corrected chi connectivity index (χ2v) is 4.49. The maximum Gasteiger partial charge on any atom is 0.416 e. The number of carbonyl (C=O) groups excluding carboxylic acids is 1. The molecule has 0 N–H and O–H groups in total. The first kappa shape index (κ1) is 11.2. The molecule has 0 spiro atoms. The van der Waals surface area contributed by atoms with E-state index in [9.17, 15) is 4.79 Å². The fraction of sp³-hybridized carbons (Fsp3) is 0.667. The third-order valence-electron chi connectivity index (χ3n) is 3.34. The van der Waals surface area contributed by atoms with Crippen LogP contribution in [0.3, 0.4) is 0 Å². The van der Waals surface area contributed by atoms with E-state index in [0.29, 0.717) is 6.04 Å². The van der Waals surface area contributed by atoms with Crippen LogP contribution in [0.1, 0.15) is 32.6 Å². The van der Waals surface area contributed by atoms with Gasteiger partial charge in [0, 0.05) is 12.6 Å². The second kappa shape index (κ2) is 4.68. The lowest BCUT2D eigenvalue weighted by molar-refractivity contribution is -0.670. The zero-order valence-electron chi connectivity index (χ0n) is 10.1. The van der Waals surface area contributed by atoms with Gasteiger partial charge in [-0.25, -0.2) is 9.36 Å². The monoisotopic (exact) mass is 222 g/mol. The quantitative estimate of drug-likeness (QED) is 0.698. The molecule has 2 rings (SSSR count). The lowest BCUT2D eigenvalue weighted by Gasteiger charge is -2.24. The van der Waals surface area contributed by atoms with E-state index in [1.165, 1.54) is 12.8 Å². The lowest BCUT2D eigenvalue weighted by Crippen LogP contribution is -2.41. The van der Waals surface area contributed by atoms with E-state index in [1.807, 2.05) is 35.2 Å². The number of aryl methyl sites for hydroxylation is 1. The number of aromatic nitrogens is 2. The molecule has 1 saturated carbocycles. The number of hydrogen-bond donors (Lipinski definition) is 0. The number of carbonyl (C=O) groups is 1. The third-order valence-corrected chi connectivity index (χ3v) is 3.34. The van der Waals surface area contributed by atoms with E-state index < -0.39 is 0 Å². The minimum atomic E-state index is 0.106. The van der Waals surface area contributed by atoms with Crippen molar-refractivity contribution in [2.75, 3.05) is 6.54 Å². The molecule has 0 aromatic carbocycles. The van der Waals surface area contributed by atoms with E-state index in [4.69, 9.17) is 0 Å². The molecular formula is C12H20N3O+. The highest BCUT2D eigenvalue weighted by Crippen LogP contribution is 2.23. The Morgan fingerprint density at radius 1 is 1.50 bits per heavy atom. The minimum Gasteiger partial charge on any atom is -0.302 e. The van der Waals surface area contributed by atoms with Gasteiger partial charge in [0.15, 0.2) is 0 Å². The molecule has 1 aromatic heterocycles. The summed E-state index contributed by atoms with van der Waals surface area (Å²) >= 11 is 0. The molecule has 1 amide bonds. The standard InChI is InChI=1S/C12H20N3O/c1-3-15(11-6-4-5-7-11)12(16)14-9-8-13(2)10-14/h8-11H,3-7H2,1-2H3/q+1. The van der Waals surface area contributed by atoms with Gasteiger partial charge in [0.2, 0.25) is 0 Å². The van der Waals surface area contributed by atoms with E-state index >= 15 is 0 Å². The van der Waals surface area contributed by atoms with E-state index in [-0.39, 0.29) is 6.03 Å². The molecule has 0 atom stereocenters. The van der Waals surface area contributed by atoms with E-state index in [1.54, 1.807) is 4.57 Å². The summed E-state index contributed by atoms with van der Waals surface area (Å²) in [5, 5.41) is 0. The zero-order valence-corrected chi connectivity index (χ0v) is 10.1. The van der Waals surface area contributed by atoms with Crippen molar-refractivity contribution in [3.05, 3.63) is 18.7 Å². The van der Waals surface area contributed by atoms with Gasteiger partial charge >= 0.3 is 6.03 Å². The normalized spacial score (nSPS) is 16.6. The highest BCUT2D eigenvalue weighted by molar-refractivity contribution is 5.76. The van der Waals surface area contributed by atoms with Gasteiger partial charge < -0.3 is 4.90 Å². The molecule has 88 valence electrons. The summed E-state index contributed by atoms with van der Waals surface area (Å²) in [5.74, 6) is 0. The predicted octanol–water partition coefficient (Wildman–Crippen LogP) is 1.55. The average Bonchev–Trinajstić information content (AvgIpc) is 2.90. The first-order valence-corrected chi connectivity index (χ1v) is 6.06. The molecule has 1 aliphatic rings. The van der Waals surface area contributed by atoms with E-state index in [2.05, 4.69) is 6.92 Å². The predicted molar refractivity (Wildman–Crippen MR) is 61.0 cm³/mol. The zero-order chi connectivity index (χ0) is 11.5. The van der Waals surface area contributed by atoms with Crippen molar-refractivity contribution in [3.8, 4) is 0 Å². The Morgan fingerprint density at radius 3 is 2.69 bits per heavy atom. The molecule has 1 heterocycles. The molecule has 1 fully saturated rings. The Labute approximate surface area is 96.5 Å². The molecule has 0 aliphatic heterocycles. The van der Waals surface area contributed by atoms with Crippen molar-refractivity contribution >= 4 is 6.03 Å². The van der Waals surface area contributed by atoms with Gasteiger partial charge in [-0.1, -0.05) is 12.8 Å². The molecule has 4 heteroatoms. The number of nitrogens with zero attached hydrogens (tertiary/aromatic N) is 3. The van der Waals surface area contributed by atoms with Crippen molar-refractivity contribution in [3.63, 3.8) is 0 Å².